The van der Waals surface area contributed by atoms with Crippen LogP contribution < -0.4 is 10.2 Å². The zero-order valence-corrected chi connectivity index (χ0v) is 21.5. The van der Waals surface area contributed by atoms with Gasteiger partial charge in [0.05, 0.1) is 0 Å². The summed E-state index contributed by atoms with van der Waals surface area (Å²) >= 11 is 0. The smallest absolute Gasteiger partial charge is 0.407 e. The molecule has 36 heavy (non-hydrogen) atoms. The van der Waals surface area contributed by atoms with E-state index in [1.807, 2.05) is 58.0 Å². The molecular formula is C27H32N6O3. The lowest BCUT2D eigenvalue weighted by Gasteiger charge is -2.25. The summed E-state index contributed by atoms with van der Waals surface area (Å²) in [5.41, 5.74) is 2.96. The van der Waals surface area contributed by atoms with Crippen molar-refractivity contribution in [2.24, 2.45) is 5.92 Å². The molecule has 0 bridgehead atoms. The molecule has 1 atom stereocenters. The molecule has 1 saturated heterocycles. The Morgan fingerprint density at radius 1 is 1.25 bits per heavy atom. The number of amides is 1. The first-order chi connectivity index (χ1) is 17.1. The van der Waals surface area contributed by atoms with Gasteiger partial charge in [0.15, 0.2) is 11.4 Å². The highest BCUT2D eigenvalue weighted by atomic mass is 16.6. The topological polar surface area (TPSA) is 113 Å². The summed E-state index contributed by atoms with van der Waals surface area (Å²) < 4.78 is 6.99. The van der Waals surface area contributed by atoms with Crippen molar-refractivity contribution in [1.82, 2.24) is 19.9 Å². The highest BCUT2D eigenvalue weighted by Gasteiger charge is 2.30. The first kappa shape index (κ1) is 25.2. The number of nitrogens with one attached hydrogen (secondary N) is 1. The van der Waals surface area contributed by atoms with Crippen molar-refractivity contribution in [1.29, 1.82) is 5.26 Å². The van der Waals surface area contributed by atoms with Gasteiger partial charge < -0.3 is 15.0 Å². The van der Waals surface area contributed by atoms with Gasteiger partial charge in [0, 0.05) is 32.1 Å². The fourth-order valence-corrected chi connectivity index (χ4v) is 4.67. The Balaban J connectivity index is 1.67. The Labute approximate surface area is 211 Å². The van der Waals surface area contributed by atoms with E-state index in [4.69, 9.17) is 4.74 Å². The number of hydrogen-bond acceptors (Lipinski definition) is 7. The minimum absolute atomic E-state index is 0.0923. The third-order valence-electron chi connectivity index (χ3n) is 6.30. The van der Waals surface area contributed by atoms with Crippen LogP contribution in [0.3, 0.4) is 0 Å². The standard InChI is InChI=1S/C27H32N6O3/c1-17-21(15-28)24-30-23(18(2)34)31-33(24)25(22(17)20-9-7-6-8-10-20)32-14-12-19(16-32)11-13-29-26(35)36-27(3,4)5/h6-10,19H,11-14,16H2,1-5H3,(H,29,35)/t19-/m0/s1. The second-order valence-corrected chi connectivity index (χ2v) is 10.2. The summed E-state index contributed by atoms with van der Waals surface area (Å²) in [4.78, 5) is 30.8. The zero-order valence-electron chi connectivity index (χ0n) is 21.5. The summed E-state index contributed by atoms with van der Waals surface area (Å²) in [7, 11) is 0. The van der Waals surface area contributed by atoms with Gasteiger partial charge in [-0.05, 0) is 57.6 Å². The van der Waals surface area contributed by atoms with Gasteiger partial charge in [0.1, 0.15) is 23.1 Å². The number of alkyl carbamates (subject to hydrolysis) is 1. The van der Waals surface area contributed by atoms with Crippen molar-refractivity contribution < 1.29 is 14.3 Å². The molecule has 1 aliphatic heterocycles. The molecule has 0 saturated carbocycles. The van der Waals surface area contributed by atoms with Crippen LogP contribution in [-0.4, -0.2) is 51.7 Å². The molecule has 1 amide bonds. The van der Waals surface area contributed by atoms with Crippen LogP contribution in [0, 0.1) is 24.2 Å². The first-order valence-corrected chi connectivity index (χ1v) is 12.2. The quantitative estimate of drug-likeness (QED) is 0.508. The zero-order chi connectivity index (χ0) is 26.0. The Kier molecular flexibility index (Phi) is 6.97. The fourth-order valence-electron chi connectivity index (χ4n) is 4.67. The second-order valence-electron chi connectivity index (χ2n) is 10.2. The van der Waals surface area contributed by atoms with Gasteiger partial charge in [0.2, 0.25) is 5.82 Å². The lowest BCUT2D eigenvalue weighted by Crippen LogP contribution is -2.33. The van der Waals surface area contributed by atoms with E-state index in [1.165, 1.54) is 6.92 Å². The monoisotopic (exact) mass is 488 g/mol. The summed E-state index contributed by atoms with van der Waals surface area (Å²) in [6.45, 7) is 10.9. The van der Waals surface area contributed by atoms with Crippen LogP contribution in [0.1, 0.15) is 62.3 Å². The van der Waals surface area contributed by atoms with Crippen molar-refractivity contribution in [3.8, 4) is 17.2 Å². The molecule has 0 radical (unpaired) electrons. The van der Waals surface area contributed by atoms with Gasteiger partial charge >= 0.3 is 6.09 Å². The molecule has 0 aliphatic carbocycles. The Bertz CT molecular complexity index is 1330. The number of rotatable bonds is 6. The van der Waals surface area contributed by atoms with Crippen molar-refractivity contribution in [3.05, 3.63) is 47.3 Å². The molecular weight excluding hydrogens is 456 g/mol. The van der Waals surface area contributed by atoms with Crippen LogP contribution in [0.2, 0.25) is 0 Å². The highest BCUT2D eigenvalue weighted by Crippen LogP contribution is 2.39. The predicted molar refractivity (Wildman–Crippen MR) is 137 cm³/mol. The largest absolute Gasteiger partial charge is 0.444 e. The number of fused-ring (bicyclic) bond motifs is 1. The third-order valence-corrected chi connectivity index (χ3v) is 6.30. The lowest BCUT2D eigenvalue weighted by atomic mass is 9.97. The number of ketones is 1. The van der Waals surface area contributed by atoms with Crippen LogP contribution in [-0.2, 0) is 4.74 Å². The molecule has 188 valence electrons. The van der Waals surface area contributed by atoms with E-state index >= 15 is 0 Å². The van der Waals surface area contributed by atoms with Crippen molar-refractivity contribution in [2.45, 2.75) is 53.1 Å². The van der Waals surface area contributed by atoms with Gasteiger partial charge in [-0.15, -0.1) is 5.10 Å². The second kappa shape index (κ2) is 9.97. The molecule has 1 N–H and O–H groups in total. The number of hydrogen-bond donors (Lipinski definition) is 1. The third kappa shape index (κ3) is 5.18. The number of anilines is 1. The Morgan fingerprint density at radius 3 is 2.61 bits per heavy atom. The minimum Gasteiger partial charge on any atom is -0.444 e. The normalized spacial score (nSPS) is 15.7. The number of nitriles is 1. The predicted octanol–water partition coefficient (Wildman–Crippen LogP) is 4.52. The molecule has 1 aromatic carbocycles. The molecule has 0 spiro atoms. The molecule has 9 nitrogen and oxygen atoms in total. The van der Waals surface area contributed by atoms with E-state index in [2.05, 4.69) is 26.4 Å². The van der Waals surface area contributed by atoms with Gasteiger partial charge in [-0.1, -0.05) is 30.3 Å². The number of ether oxygens (including phenoxy) is 1. The van der Waals surface area contributed by atoms with Gasteiger partial charge in [-0.25, -0.2) is 9.78 Å². The number of carbonyl (C=O) groups is 2. The first-order valence-electron chi connectivity index (χ1n) is 12.2. The summed E-state index contributed by atoms with van der Waals surface area (Å²) in [6, 6.07) is 12.2. The average Bonchev–Trinajstić information content (AvgIpc) is 3.45. The van der Waals surface area contributed by atoms with Crippen LogP contribution in [0.15, 0.2) is 30.3 Å². The molecule has 2 aromatic heterocycles. The number of nitrogens with zero attached hydrogens (tertiary/aromatic N) is 5. The maximum Gasteiger partial charge on any atom is 0.407 e. The minimum atomic E-state index is -0.530. The van der Waals surface area contributed by atoms with Crippen LogP contribution in [0.4, 0.5) is 10.6 Å². The Hall–Kier alpha value is -3.93. The SMILES string of the molecule is CC(=O)c1nc2c(C#N)c(C)c(-c3ccccc3)c(N3CC[C@H](CCNC(=O)OC(C)(C)C)C3)n2n1. The van der Waals surface area contributed by atoms with Gasteiger partial charge in [-0.2, -0.15) is 9.78 Å². The van der Waals surface area contributed by atoms with E-state index in [1.54, 1.807) is 4.52 Å². The van der Waals surface area contributed by atoms with E-state index in [9.17, 15) is 14.9 Å². The molecule has 1 aliphatic rings. The maximum atomic E-state index is 12.1. The average molecular weight is 489 g/mol. The molecule has 3 heterocycles. The van der Waals surface area contributed by atoms with Gasteiger partial charge in [0.25, 0.3) is 0 Å². The van der Waals surface area contributed by atoms with E-state index < -0.39 is 11.7 Å². The number of aromatic nitrogens is 3. The number of benzene rings is 1. The number of pyridine rings is 1. The van der Waals surface area contributed by atoms with E-state index in [-0.39, 0.29) is 11.6 Å². The lowest BCUT2D eigenvalue weighted by molar-refractivity contribution is 0.0525. The number of Topliss-reactive ketones (excluding diaryl/α,β-unsaturated/α-hetero) is 1. The number of carbonyl (C=O) groups excluding carboxylic acids is 2. The van der Waals surface area contributed by atoms with E-state index in [0.717, 1.165) is 48.4 Å². The molecule has 0 unspecified atom stereocenters. The molecule has 9 heteroatoms. The maximum absolute atomic E-state index is 12.1. The van der Waals surface area contributed by atoms with Crippen molar-refractivity contribution in [2.75, 3.05) is 24.5 Å². The fraction of sp³-hybridized carbons (Fsp3) is 0.444. The summed E-state index contributed by atoms with van der Waals surface area (Å²) in [6.07, 6.45) is 1.34. The Morgan fingerprint density at radius 2 is 1.97 bits per heavy atom. The van der Waals surface area contributed by atoms with E-state index in [0.29, 0.717) is 23.7 Å². The van der Waals surface area contributed by atoms with Crippen LogP contribution in [0.5, 0.6) is 0 Å². The van der Waals surface area contributed by atoms with Crippen molar-refractivity contribution in [3.63, 3.8) is 0 Å². The van der Waals surface area contributed by atoms with Crippen molar-refractivity contribution >= 4 is 23.3 Å². The molecule has 4 rings (SSSR count). The molecule has 3 aromatic rings. The molecule has 1 fully saturated rings. The summed E-state index contributed by atoms with van der Waals surface area (Å²) in [5.74, 6) is 1.02. The summed E-state index contributed by atoms with van der Waals surface area (Å²) in [5, 5.41) is 17.3. The van der Waals surface area contributed by atoms with Crippen LogP contribution >= 0.6 is 0 Å². The van der Waals surface area contributed by atoms with Gasteiger partial charge in [-0.3, -0.25) is 4.79 Å². The van der Waals surface area contributed by atoms with Crippen LogP contribution in [0.25, 0.3) is 16.8 Å². The highest BCUT2D eigenvalue weighted by molar-refractivity contribution is 5.92.